The topological polar surface area (TPSA) is 56.8 Å². The van der Waals surface area contributed by atoms with E-state index in [1.807, 2.05) is 51.1 Å². The number of carbonyl (C=O) groups is 1. The third kappa shape index (κ3) is 5.07. The summed E-state index contributed by atoms with van der Waals surface area (Å²) in [4.78, 5) is 12.5. The van der Waals surface area contributed by atoms with Gasteiger partial charge in [0.05, 0.1) is 20.3 Å². The molecule has 0 aromatic heterocycles. The van der Waals surface area contributed by atoms with E-state index in [4.69, 9.17) is 25.8 Å². The first-order valence-corrected chi connectivity index (χ1v) is 9.10. The molecule has 0 fully saturated rings. The van der Waals surface area contributed by atoms with E-state index in [1.165, 1.54) is 0 Å². The van der Waals surface area contributed by atoms with Gasteiger partial charge in [0.2, 0.25) is 0 Å². The van der Waals surface area contributed by atoms with Crippen LogP contribution in [0.3, 0.4) is 0 Å². The molecule has 2 aromatic rings. The van der Waals surface area contributed by atoms with Crippen molar-refractivity contribution >= 4 is 17.5 Å². The van der Waals surface area contributed by atoms with Crippen LogP contribution in [-0.4, -0.2) is 26.2 Å². The molecule has 0 aliphatic heterocycles. The molecule has 0 unspecified atom stereocenters. The molecule has 146 valence electrons. The van der Waals surface area contributed by atoms with Crippen LogP contribution in [0.25, 0.3) is 0 Å². The summed E-state index contributed by atoms with van der Waals surface area (Å²) in [6, 6.07) is 9.01. The number of benzene rings is 2. The molecule has 2 rings (SSSR count). The standard InChI is InChI=1S/C21H26ClNO4/c1-12-9-17(10-13(2)20(12)22)27-15(4)21(24)23-14(3)16-7-8-18(25-5)19(11-16)26-6/h7-11,14-15H,1-6H3,(H,23,24)/t14-,15-/m0/s1. The summed E-state index contributed by atoms with van der Waals surface area (Å²) in [6.45, 7) is 7.44. The zero-order valence-electron chi connectivity index (χ0n) is 16.6. The Balaban J connectivity index is 2.05. The normalized spacial score (nSPS) is 12.9. The van der Waals surface area contributed by atoms with Gasteiger partial charge in [0.25, 0.3) is 5.91 Å². The fourth-order valence-electron chi connectivity index (χ4n) is 2.77. The minimum Gasteiger partial charge on any atom is -0.493 e. The summed E-state index contributed by atoms with van der Waals surface area (Å²) in [7, 11) is 3.17. The van der Waals surface area contributed by atoms with Crippen LogP contribution < -0.4 is 19.5 Å². The predicted octanol–water partition coefficient (Wildman–Crippen LogP) is 4.62. The van der Waals surface area contributed by atoms with Crippen LogP contribution in [0, 0.1) is 13.8 Å². The summed E-state index contributed by atoms with van der Waals surface area (Å²) < 4.78 is 16.4. The van der Waals surface area contributed by atoms with Crippen molar-refractivity contribution in [2.24, 2.45) is 0 Å². The molecule has 6 heteroatoms. The fraction of sp³-hybridized carbons (Fsp3) is 0.381. The van der Waals surface area contributed by atoms with Gasteiger partial charge in [0, 0.05) is 5.02 Å². The Morgan fingerprint density at radius 2 is 1.59 bits per heavy atom. The van der Waals surface area contributed by atoms with Gasteiger partial charge in [0.1, 0.15) is 5.75 Å². The fourth-order valence-corrected chi connectivity index (χ4v) is 2.88. The molecule has 0 aliphatic rings. The highest BCUT2D eigenvalue weighted by molar-refractivity contribution is 6.32. The van der Waals surface area contributed by atoms with Gasteiger partial charge in [-0.15, -0.1) is 0 Å². The second-order valence-electron chi connectivity index (χ2n) is 6.48. The van der Waals surface area contributed by atoms with Crippen molar-refractivity contribution in [1.29, 1.82) is 0 Å². The van der Waals surface area contributed by atoms with Gasteiger partial charge in [-0.1, -0.05) is 17.7 Å². The van der Waals surface area contributed by atoms with Crippen molar-refractivity contribution in [3.05, 3.63) is 52.0 Å². The van der Waals surface area contributed by atoms with E-state index >= 15 is 0 Å². The lowest BCUT2D eigenvalue weighted by Gasteiger charge is -2.20. The average Bonchev–Trinajstić information content (AvgIpc) is 2.65. The molecule has 27 heavy (non-hydrogen) atoms. The lowest BCUT2D eigenvalue weighted by atomic mass is 10.1. The Hall–Kier alpha value is -2.40. The van der Waals surface area contributed by atoms with Crippen molar-refractivity contribution in [2.45, 2.75) is 39.8 Å². The van der Waals surface area contributed by atoms with E-state index in [1.54, 1.807) is 21.1 Å². The van der Waals surface area contributed by atoms with Crippen molar-refractivity contribution in [3.63, 3.8) is 0 Å². The molecule has 0 saturated carbocycles. The SMILES string of the molecule is COc1ccc([C@H](C)NC(=O)[C@H](C)Oc2cc(C)c(Cl)c(C)c2)cc1OC. The number of amides is 1. The Kier molecular flexibility index (Phi) is 6.97. The Labute approximate surface area is 165 Å². The molecule has 0 heterocycles. The number of rotatable bonds is 7. The number of nitrogens with one attached hydrogen (secondary N) is 1. The maximum Gasteiger partial charge on any atom is 0.261 e. The van der Waals surface area contributed by atoms with Crippen LogP contribution >= 0.6 is 11.6 Å². The minimum atomic E-state index is -0.646. The third-order valence-corrected chi connectivity index (χ3v) is 4.95. The number of halogens is 1. The van der Waals surface area contributed by atoms with Gasteiger partial charge >= 0.3 is 0 Å². The van der Waals surface area contributed by atoms with Crippen molar-refractivity contribution in [2.75, 3.05) is 14.2 Å². The first-order chi connectivity index (χ1) is 12.8. The van der Waals surface area contributed by atoms with E-state index in [0.717, 1.165) is 16.7 Å². The van der Waals surface area contributed by atoms with E-state index < -0.39 is 6.10 Å². The smallest absolute Gasteiger partial charge is 0.261 e. The van der Waals surface area contributed by atoms with Crippen LogP contribution in [0.15, 0.2) is 30.3 Å². The zero-order valence-corrected chi connectivity index (χ0v) is 17.3. The van der Waals surface area contributed by atoms with Crippen LogP contribution in [0.2, 0.25) is 5.02 Å². The van der Waals surface area contributed by atoms with Crippen molar-refractivity contribution in [3.8, 4) is 17.2 Å². The number of aryl methyl sites for hydroxylation is 2. The lowest BCUT2D eigenvalue weighted by Crippen LogP contribution is -2.37. The van der Waals surface area contributed by atoms with Crippen LogP contribution in [-0.2, 0) is 4.79 Å². The quantitative estimate of drug-likeness (QED) is 0.748. The van der Waals surface area contributed by atoms with E-state index in [2.05, 4.69) is 5.32 Å². The van der Waals surface area contributed by atoms with Crippen LogP contribution in [0.1, 0.15) is 36.6 Å². The molecule has 0 spiro atoms. The zero-order chi connectivity index (χ0) is 20.1. The number of carbonyl (C=O) groups excluding carboxylic acids is 1. The van der Waals surface area contributed by atoms with Gasteiger partial charge in [0.15, 0.2) is 17.6 Å². The molecule has 0 aliphatic carbocycles. The number of hydrogen-bond acceptors (Lipinski definition) is 4. The highest BCUT2D eigenvalue weighted by atomic mass is 35.5. The molecular formula is C21H26ClNO4. The first-order valence-electron chi connectivity index (χ1n) is 8.72. The summed E-state index contributed by atoms with van der Waals surface area (Å²) in [5.41, 5.74) is 2.74. The Morgan fingerprint density at radius 3 is 2.15 bits per heavy atom. The lowest BCUT2D eigenvalue weighted by molar-refractivity contribution is -0.127. The van der Waals surface area contributed by atoms with E-state index in [-0.39, 0.29) is 11.9 Å². The highest BCUT2D eigenvalue weighted by Gasteiger charge is 2.19. The molecule has 2 aromatic carbocycles. The van der Waals surface area contributed by atoms with Gasteiger partial charge in [-0.05, 0) is 68.7 Å². The van der Waals surface area contributed by atoms with Crippen molar-refractivity contribution < 1.29 is 19.0 Å². The first kappa shape index (κ1) is 20.9. The average molecular weight is 392 g/mol. The van der Waals surface area contributed by atoms with Gasteiger partial charge in [-0.25, -0.2) is 0 Å². The Bertz CT molecular complexity index is 799. The molecular weight excluding hydrogens is 366 g/mol. The van der Waals surface area contributed by atoms with Crippen LogP contribution in [0.4, 0.5) is 0 Å². The molecule has 1 amide bonds. The molecule has 0 bridgehead atoms. The van der Waals surface area contributed by atoms with E-state index in [0.29, 0.717) is 22.3 Å². The van der Waals surface area contributed by atoms with E-state index in [9.17, 15) is 4.79 Å². The largest absolute Gasteiger partial charge is 0.493 e. The molecule has 2 atom stereocenters. The van der Waals surface area contributed by atoms with Gasteiger partial charge in [-0.3, -0.25) is 4.79 Å². The number of methoxy groups -OCH3 is 2. The summed E-state index contributed by atoms with van der Waals surface area (Å²) in [5, 5.41) is 3.67. The minimum absolute atomic E-state index is 0.206. The van der Waals surface area contributed by atoms with Crippen molar-refractivity contribution in [1.82, 2.24) is 5.32 Å². The third-order valence-electron chi connectivity index (χ3n) is 4.36. The summed E-state index contributed by atoms with van der Waals surface area (Å²) in [6.07, 6.45) is -0.646. The maximum atomic E-state index is 12.5. The van der Waals surface area contributed by atoms with Crippen LogP contribution in [0.5, 0.6) is 17.2 Å². The second kappa shape index (κ2) is 9.00. The monoisotopic (exact) mass is 391 g/mol. The number of ether oxygens (including phenoxy) is 3. The molecule has 0 radical (unpaired) electrons. The Morgan fingerprint density at radius 1 is 1.00 bits per heavy atom. The molecule has 1 N–H and O–H groups in total. The second-order valence-corrected chi connectivity index (χ2v) is 6.85. The molecule has 0 saturated heterocycles. The highest BCUT2D eigenvalue weighted by Crippen LogP contribution is 2.30. The maximum absolute atomic E-state index is 12.5. The summed E-state index contributed by atoms with van der Waals surface area (Å²) >= 11 is 6.18. The predicted molar refractivity (Wildman–Crippen MR) is 107 cm³/mol. The van der Waals surface area contributed by atoms with Gasteiger partial charge < -0.3 is 19.5 Å². The number of hydrogen-bond donors (Lipinski definition) is 1. The van der Waals surface area contributed by atoms with Gasteiger partial charge in [-0.2, -0.15) is 0 Å². The molecule has 5 nitrogen and oxygen atoms in total. The summed E-state index contributed by atoms with van der Waals surface area (Å²) in [5.74, 6) is 1.68.